The monoisotopic (exact) mass is 392 g/mol. The van der Waals surface area contributed by atoms with Gasteiger partial charge in [0.05, 0.1) is 19.3 Å². The summed E-state index contributed by atoms with van der Waals surface area (Å²) in [5.74, 6) is -5.62. The molecule has 0 radical (unpaired) electrons. The molecule has 4 atom stereocenters. The average molecular weight is 392 g/mol. The molecular formula is C14H24N4O9. The van der Waals surface area contributed by atoms with Gasteiger partial charge in [-0.1, -0.05) is 0 Å². The lowest BCUT2D eigenvalue weighted by Crippen LogP contribution is -2.58. The number of aliphatic hydroxyl groups is 2. The van der Waals surface area contributed by atoms with Crippen molar-refractivity contribution in [3.8, 4) is 0 Å². The van der Waals surface area contributed by atoms with Gasteiger partial charge in [0.1, 0.15) is 18.1 Å². The minimum absolute atomic E-state index is 0.399. The highest BCUT2D eigenvalue weighted by Crippen LogP contribution is 2.01. The van der Waals surface area contributed by atoms with E-state index >= 15 is 0 Å². The van der Waals surface area contributed by atoms with E-state index in [4.69, 9.17) is 21.1 Å². The summed E-state index contributed by atoms with van der Waals surface area (Å²) >= 11 is 0. The molecule has 0 fully saturated rings. The van der Waals surface area contributed by atoms with Crippen molar-refractivity contribution in [1.82, 2.24) is 16.0 Å². The number of nitrogens with two attached hydrogens (primary N) is 1. The van der Waals surface area contributed by atoms with Gasteiger partial charge in [-0.3, -0.25) is 19.2 Å². The summed E-state index contributed by atoms with van der Waals surface area (Å²) in [6.07, 6.45) is -0.935. The van der Waals surface area contributed by atoms with Crippen LogP contribution in [0.3, 0.4) is 0 Å². The van der Waals surface area contributed by atoms with Gasteiger partial charge in [0.2, 0.25) is 17.7 Å². The number of amides is 3. The van der Waals surface area contributed by atoms with Crippen LogP contribution in [-0.4, -0.2) is 87.5 Å². The maximum absolute atomic E-state index is 12.2. The van der Waals surface area contributed by atoms with E-state index in [0.29, 0.717) is 0 Å². The highest BCUT2D eigenvalue weighted by atomic mass is 16.4. The Kier molecular flexibility index (Phi) is 10.6. The van der Waals surface area contributed by atoms with Crippen molar-refractivity contribution in [1.29, 1.82) is 0 Å². The van der Waals surface area contributed by atoms with E-state index < -0.39 is 79.9 Å². The number of aliphatic carboxylic acids is 2. The predicted octanol–water partition coefficient (Wildman–Crippen LogP) is -4.28. The lowest BCUT2D eigenvalue weighted by Gasteiger charge is -2.23. The van der Waals surface area contributed by atoms with Crippen molar-refractivity contribution < 1.29 is 44.4 Å². The summed E-state index contributed by atoms with van der Waals surface area (Å²) in [5.41, 5.74) is 5.33. The molecule has 13 heteroatoms. The van der Waals surface area contributed by atoms with Gasteiger partial charge in [0.15, 0.2) is 0 Å². The Hall–Kier alpha value is -2.77. The summed E-state index contributed by atoms with van der Waals surface area (Å²) in [4.78, 5) is 57.4. The number of hydrogen-bond donors (Lipinski definition) is 8. The average Bonchev–Trinajstić information content (AvgIpc) is 2.59. The molecule has 4 unspecified atom stereocenters. The largest absolute Gasteiger partial charge is 0.481 e. The molecule has 0 heterocycles. The standard InChI is InChI=1S/C14H24N4O9/c1-6(15)11(23)17-8(4-19)13(25)16-7(2-3-10(21)22)12(24)18-9(5-20)14(26)27/h6-9,19-20H,2-5,15H2,1H3,(H,16,25)(H,17,23)(H,18,24)(H,21,22)(H,26,27). The molecule has 9 N–H and O–H groups in total. The number of carbonyl (C=O) groups is 5. The van der Waals surface area contributed by atoms with Crippen molar-refractivity contribution in [3.05, 3.63) is 0 Å². The van der Waals surface area contributed by atoms with Crippen LogP contribution in [0.5, 0.6) is 0 Å². The Morgan fingerprint density at radius 3 is 1.67 bits per heavy atom. The van der Waals surface area contributed by atoms with Gasteiger partial charge in [0, 0.05) is 6.42 Å². The smallest absolute Gasteiger partial charge is 0.328 e. The Labute approximate surface area is 153 Å². The van der Waals surface area contributed by atoms with Crippen LogP contribution in [0.2, 0.25) is 0 Å². The second-order valence-electron chi connectivity index (χ2n) is 5.61. The van der Waals surface area contributed by atoms with Crippen molar-refractivity contribution in [2.45, 2.75) is 43.9 Å². The van der Waals surface area contributed by atoms with E-state index in [0.717, 1.165) is 0 Å². The molecule has 0 saturated carbocycles. The van der Waals surface area contributed by atoms with Gasteiger partial charge < -0.3 is 42.1 Å². The van der Waals surface area contributed by atoms with Crippen molar-refractivity contribution in [2.24, 2.45) is 5.73 Å². The van der Waals surface area contributed by atoms with Crippen LogP contribution in [0.4, 0.5) is 0 Å². The zero-order valence-corrected chi connectivity index (χ0v) is 14.5. The summed E-state index contributed by atoms with van der Waals surface area (Å²) in [7, 11) is 0. The normalized spacial score (nSPS) is 15.0. The molecule has 0 aliphatic carbocycles. The van der Waals surface area contributed by atoms with Crippen LogP contribution in [-0.2, 0) is 24.0 Å². The second-order valence-corrected chi connectivity index (χ2v) is 5.61. The number of nitrogens with one attached hydrogen (secondary N) is 3. The molecule has 0 aromatic heterocycles. The van der Waals surface area contributed by atoms with Crippen LogP contribution < -0.4 is 21.7 Å². The molecule has 27 heavy (non-hydrogen) atoms. The number of carbonyl (C=O) groups excluding carboxylic acids is 3. The lowest BCUT2D eigenvalue weighted by molar-refractivity contribution is -0.144. The van der Waals surface area contributed by atoms with Gasteiger partial charge >= 0.3 is 11.9 Å². The van der Waals surface area contributed by atoms with Crippen molar-refractivity contribution in [3.63, 3.8) is 0 Å². The number of hydrogen-bond acceptors (Lipinski definition) is 8. The Morgan fingerprint density at radius 2 is 1.26 bits per heavy atom. The molecule has 0 spiro atoms. The van der Waals surface area contributed by atoms with E-state index in [9.17, 15) is 29.1 Å². The number of aliphatic hydroxyl groups excluding tert-OH is 2. The van der Waals surface area contributed by atoms with Gasteiger partial charge in [-0.05, 0) is 13.3 Å². The van der Waals surface area contributed by atoms with Crippen LogP contribution in [0.25, 0.3) is 0 Å². The molecule has 0 rings (SSSR count). The minimum atomic E-state index is -1.66. The third kappa shape index (κ3) is 8.94. The minimum Gasteiger partial charge on any atom is -0.481 e. The topological polar surface area (TPSA) is 228 Å². The van der Waals surface area contributed by atoms with Crippen LogP contribution >= 0.6 is 0 Å². The maximum Gasteiger partial charge on any atom is 0.328 e. The fraction of sp³-hybridized carbons (Fsp3) is 0.643. The second kappa shape index (κ2) is 11.8. The summed E-state index contributed by atoms with van der Waals surface area (Å²) < 4.78 is 0. The van der Waals surface area contributed by atoms with E-state index in [-0.39, 0.29) is 0 Å². The third-order valence-corrected chi connectivity index (χ3v) is 3.31. The van der Waals surface area contributed by atoms with E-state index in [1.165, 1.54) is 6.92 Å². The first kappa shape index (κ1) is 24.2. The number of rotatable bonds is 12. The molecule has 13 nitrogen and oxygen atoms in total. The van der Waals surface area contributed by atoms with Gasteiger partial charge in [0.25, 0.3) is 0 Å². The quantitative estimate of drug-likeness (QED) is 0.159. The molecule has 0 aromatic carbocycles. The Bertz CT molecular complexity index is 567. The fourth-order valence-electron chi connectivity index (χ4n) is 1.76. The van der Waals surface area contributed by atoms with Crippen LogP contribution in [0.15, 0.2) is 0 Å². The zero-order valence-electron chi connectivity index (χ0n) is 14.5. The molecule has 0 bridgehead atoms. The maximum atomic E-state index is 12.2. The molecular weight excluding hydrogens is 368 g/mol. The first-order chi connectivity index (χ1) is 12.5. The fourth-order valence-corrected chi connectivity index (χ4v) is 1.76. The van der Waals surface area contributed by atoms with Crippen LogP contribution in [0, 0.1) is 0 Å². The first-order valence-corrected chi connectivity index (χ1v) is 7.86. The van der Waals surface area contributed by atoms with Crippen molar-refractivity contribution in [2.75, 3.05) is 13.2 Å². The molecule has 0 aliphatic rings. The van der Waals surface area contributed by atoms with Gasteiger partial charge in [-0.2, -0.15) is 0 Å². The van der Waals surface area contributed by atoms with E-state index in [1.54, 1.807) is 0 Å². The highest BCUT2D eigenvalue weighted by Gasteiger charge is 2.29. The first-order valence-electron chi connectivity index (χ1n) is 7.86. The molecule has 0 aliphatic heterocycles. The Balaban J connectivity index is 5.18. The molecule has 0 aromatic rings. The zero-order chi connectivity index (χ0) is 21.1. The SMILES string of the molecule is CC(N)C(=O)NC(CO)C(=O)NC(CCC(=O)O)C(=O)NC(CO)C(=O)O. The summed E-state index contributed by atoms with van der Waals surface area (Å²) in [6, 6.07) is -5.58. The van der Waals surface area contributed by atoms with E-state index in [1.807, 2.05) is 5.32 Å². The summed E-state index contributed by atoms with van der Waals surface area (Å²) in [5, 5.41) is 42.0. The number of carboxylic acids is 2. The lowest BCUT2D eigenvalue weighted by atomic mass is 10.1. The predicted molar refractivity (Wildman–Crippen MR) is 88.1 cm³/mol. The molecule has 154 valence electrons. The highest BCUT2D eigenvalue weighted by molar-refractivity contribution is 5.94. The third-order valence-electron chi connectivity index (χ3n) is 3.31. The van der Waals surface area contributed by atoms with Gasteiger partial charge in [-0.25, -0.2) is 4.79 Å². The van der Waals surface area contributed by atoms with E-state index in [2.05, 4.69) is 10.6 Å². The molecule has 0 saturated heterocycles. The van der Waals surface area contributed by atoms with Crippen LogP contribution in [0.1, 0.15) is 19.8 Å². The van der Waals surface area contributed by atoms with Gasteiger partial charge in [-0.15, -0.1) is 0 Å². The molecule has 3 amide bonds. The Morgan fingerprint density at radius 1 is 0.815 bits per heavy atom. The number of carboxylic acid groups (broad SMARTS) is 2. The van der Waals surface area contributed by atoms with Crippen molar-refractivity contribution >= 4 is 29.7 Å². The summed E-state index contributed by atoms with van der Waals surface area (Å²) in [6.45, 7) is -0.415.